The predicted molar refractivity (Wildman–Crippen MR) is 141 cm³/mol. The zero-order chi connectivity index (χ0) is 22.2. The maximum Gasteiger partial charge on any atom is 0.372 e. The average molecular weight is 460 g/mol. The van der Waals surface area contributed by atoms with Crippen LogP contribution in [0.5, 0.6) is 0 Å². The van der Waals surface area contributed by atoms with Gasteiger partial charge in [0.2, 0.25) is 0 Å². The van der Waals surface area contributed by atoms with Gasteiger partial charge >= 0.3 is 13.8 Å². The van der Waals surface area contributed by atoms with Crippen molar-refractivity contribution in [2.45, 2.75) is 0 Å². The number of hydrogen-bond donors (Lipinski definition) is 2. The topological polar surface area (TPSA) is 70.5 Å². The minimum Gasteiger partial charge on any atom is -0.425 e. The van der Waals surface area contributed by atoms with E-state index in [9.17, 15) is 0 Å². The molecular weight excluding hydrogens is 434 g/mol. The van der Waals surface area contributed by atoms with E-state index in [1.807, 2.05) is 36.4 Å². The Morgan fingerprint density at radius 2 is 0.969 bits per heavy atom. The van der Waals surface area contributed by atoms with E-state index < -0.39 is 0 Å². The molecule has 162 valence electrons. The zero-order valence-electron chi connectivity index (χ0n) is 17.9. The molecule has 0 aliphatic carbocycles. The van der Waals surface area contributed by atoms with Crippen LogP contribution in [-0.2, 0) is 9.31 Å². The molecule has 0 aliphatic rings. The molecule has 0 spiro atoms. The van der Waals surface area contributed by atoms with Gasteiger partial charge in [0.05, 0.1) is 0 Å². The van der Waals surface area contributed by atoms with E-state index in [1.54, 1.807) is 22.7 Å². The van der Waals surface area contributed by atoms with Gasteiger partial charge < -0.3 is 20.8 Å². The quantitative estimate of drug-likeness (QED) is 0.334. The summed E-state index contributed by atoms with van der Waals surface area (Å²) in [5, 5.41) is 0. The number of rotatable bonds is 11. The van der Waals surface area contributed by atoms with Gasteiger partial charge in [-0.25, -0.2) is 0 Å². The fraction of sp³-hybridized carbons (Fsp3) is 0.167. The van der Waals surface area contributed by atoms with Gasteiger partial charge in [-0.3, -0.25) is 0 Å². The van der Waals surface area contributed by atoms with Gasteiger partial charge in [-0.05, 0) is 23.1 Å². The Kier molecular flexibility index (Phi) is 8.34. The highest BCUT2D eigenvalue weighted by Gasteiger charge is 2.26. The first-order valence-electron chi connectivity index (χ1n) is 10.7. The van der Waals surface area contributed by atoms with Gasteiger partial charge in [0.1, 0.15) is 0 Å². The maximum atomic E-state index is 6.12. The molecule has 0 saturated heterocycles. The molecule has 32 heavy (non-hydrogen) atoms. The van der Waals surface area contributed by atoms with Gasteiger partial charge in [0.15, 0.2) is 0 Å². The summed E-state index contributed by atoms with van der Waals surface area (Å²) in [6.07, 6.45) is 0. The Morgan fingerprint density at radius 3 is 1.34 bits per heavy atom. The van der Waals surface area contributed by atoms with Crippen LogP contribution in [0.25, 0.3) is 9.75 Å². The van der Waals surface area contributed by atoms with E-state index in [0.29, 0.717) is 26.3 Å². The lowest BCUT2D eigenvalue weighted by Gasteiger charge is -2.13. The summed E-state index contributed by atoms with van der Waals surface area (Å²) in [6, 6.07) is 29.3. The number of benzene rings is 2. The molecule has 0 aliphatic heterocycles. The number of nitrogens with two attached hydrogens (primary N) is 2. The molecule has 2 aromatic carbocycles. The van der Waals surface area contributed by atoms with Crippen molar-refractivity contribution in [2.75, 3.05) is 26.3 Å². The molecule has 8 heteroatoms. The average Bonchev–Trinajstić information content (AvgIpc) is 3.51. The summed E-state index contributed by atoms with van der Waals surface area (Å²) in [4.78, 5) is 2.44. The summed E-state index contributed by atoms with van der Waals surface area (Å²) < 4.78 is 14.6. The third-order valence-corrected chi connectivity index (χ3v) is 7.48. The molecule has 0 atom stereocenters. The maximum absolute atomic E-state index is 6.12. The van der Waals surface area contributed by atoms with Crippen LogP contribution in [0, 0.1) is 0 Å². The summed E-state index contributed by atoms with van der Waals surface area (Å²) >= 11 is 3.52. The third kappa shape index (κ3) is 5.59. The van der Waals surface area contributed by atoms with Crippen LogP contribution in [0.2, 0.25) is 0 Å². The predicted octanol–water partition coefficient (Wildman–Crippen LogP) is 1.64. The molecule has 4 rings (SSSR count). The van der Waals surface area contributed by atoms with E-state index in [4.69, 9.17) is 20.8 Å². The van der Waals surface area contributed by atoms with E-state index in [0.717, 1.165) is 10.9 Å². The molecule has 0 fully saturated rings. The Morgan fingerprint density at radius 1 is 0.562 bits per heavy atom. The van der Waals surface area contributed by atoms with Gasteiger partial charge in [-0.1, -0.05) is 72.8 Å². The largest absolute Gasteiger partial charge is 0.425 e. The monoisotopic (exact) mass is 460 g/mol. The van der Waals surface area contributed by atoms with Crippen LogP contribution in [0.4, 0.5) is 0 Å². The van der Waals surface area contributed by atoms with Crippen molar-refractivity contribution in [3.05, 3.63) is 84.9 Å². The lowest BCUT2D eigenvalue weighted by molar-refractivity contribution is 0.345. The van der Waals surface area contributed by atoms with Crippen molar-refractivity contribution < 1.29 is 9.31 Å². The fourth-order valence-electron chi connectivity index (χ4n) is 3.57. The van der Waals surface area contributed by atoms with E-state index in [1.165, 1.54) is 19.3 Å². The fourth-order valence-corrected chi connectivity index (χ4v) is 5.83. The highest BCUT2D eigenvalue weighted by molar-refractivity contribution is 7.32. The van der Waals surface area contributed by atoms with Crippen LogP contribution in [0.3, 0.4) is 0 Å². The van der Waals surface area contributed by atoms with Crippen LogP contribution >= 0.6 is 22.7 Å². The molecular formula is C24H26B2N2O2S2. The van der Waals surface area contributed by atoms with Crippen LogP contribution in [0.1, 0.15) is 0 Å². The van der Waals surface area contributed by atoms with Crippen LogP contribution < -0.4 is 31.9 Å². The summed E-state index contributed by atoms with van der Waals surface area (Å²) in [6.45, 7) is 1.82. The first-order chi connectivity index (χ1) is 15.8. The molecule has 4 nitrogen and oxygen atoms in total. The zero-order valence-corrected chi connectivity index (χ0v) is 19.5. The van der Waals surface area contributed by atoms with Gasteiger partial charge in [-0.15, -0.1) is 22.7 Å². The Labute approximate surface area is 198 Å². The normalized spacial score (nSPS) is 10.9. The summed E-state index contributed by atoms with van der Waals surface area (Å²) in [5.41, 5.74) is 13.7. The second kappa shape index (κ2) is 11.6. The second-order valence-corrected chi connectivity index (χ2v) is 9.54. The molecule has 0 amide bonds. The molecule has 4 aromatic rings. The minimum atomic E-state index is -0.108. The molecule has 0 saturated carbocycles. The van der Waals surface area contributed by atoms with E-state index in [-0.39, 0.29) is 13.8 Å². The standard InChI is InChI=1S/C24H26B2N2O2S2/c27-15-17-29-25(19-7-3-1-4-8-19)23-13-11-21(31-23)22-12-14-24(32-22)26(30-18-16-28)20-9-5-2-6-10-20/h1-14H,15-18,27-28H2. The number of thiophene rings is 2. The molecule has 4 N–H and O–H groups in total. The van der Waals surface area contributed by atoms with Gasteiger partial charge in [0, 0.05) is 45.6 Å². The molecule has 2 heterocycles. The third-order valence-electron chi connectivity index (χ3n) is 5.02. The molecule has 2 aromatic heterocycles. The van der Waals surface area contributed by atoms with Crippen LogP contribution in [0.15, 0.2) is 84.9 Å². The van der Waals surface area contributed by atoms with Gasteiger partial charge in [0.25, 0.3) is 0 Å². The van der Waals surface area contributed by atoms with Crippen molar-refractivity contribution in [2.24, 2.45) is 11.5 Å². The van der Waals surface area contributed by atoms with Gasteiger partial charge in [-0.2, -0.15) is 0 Å². The van der Waals surface area contributed by atoms with E-state index >= 15 is 0 Å². The first-order valence-corrected chi connectivity index (χ1v) is 12.4. The van der Waals surface area contributed by atoms with Crippen molar-refractivity contribution >= 4 is 57.0 Å². The SMILES string of the molecule is NCCOB(c1ccccc1)c1ccc(-c2ccc(B(OCCN)c3ccccc3)s2)s1. The lowest BCUT2D eigenvalue weighted by atomic mass is 9.60. The Bertz CT molecular complexity index is 1000. The number of hydrogen-bond acceptors (Lipinski definition) is 6. The molecule has 0 unspecified atom stereocenters. The summed E-state index contributed by atoms with van der Waals surface area (Å²) in [7, 11) is 0. The second-order valence-electron chi connectivity index (χ2n) is 7.30. The first kappa shape index (κ1) is 23.0. The van der Waals surface area contributed by atoms with E-state index in [2.05, 4.69) is 48.5 Å². The molecule has 0 bridgehead atoms. The molecule has 0 radical (unpaired) electrons. The summed E-state index contributed by atoms with van der Waals surface area (Å²) in [5.74, 6) is 0. The Balaban J connectivity index is 1.59. The van der Waals surface area contributed by atoms with Crippen molar-refractivity contribution in [3.63, 3.8) is 0 Å². The van der Waals surface area contributed by atoms with Crippen molar-refractivity contribution in [1.29, 1.82) is 0 Å². The highest BCUT2D eigenvalue weighted by atomic mass is 32.1. The lowest BCUT2D eigenvalue weighted by Crippen LogP contribution is -2.44. The van der Waals surface area contributed by atoms with Crippen molar-refractivity contribution in [1.82, 2.24) is 0 Å². The van der Waals surface area contributed by atoms with Crippen LogP contribution in [-0.4, -0.2) is 40.1 Å². The highest BCUT2D eigenvalue weighted by Crippen LogP contribution is 2.28. The van der Waals surface area contributed by atoms with Crippen molar-refractivity contribution in [3.8, 4) is 9.75 Å². The minimum absolute atomic E-state index is 0.108. The Hall–Kier alpha value is -2.19. The smallest absolute Gasteiger partial charge is 0.372 e.